The molecule has 0 unspecified atom stereocenters. The topological polar surface area (TPSA) is 81.1 Å². The van der Waals surface area contributed by atoms with Gasteiger partial charge in [0.2, 0.25) is 0 Å². The number of hydrogen-bond acceptors (Lipinski definition) is 6. The molecule has 2 aliphatic rings. The van der Waals surface area contributed by atoms with E-state index >= 15 is 0 Å². The van der Waals surface area contributed by atoms with Crippen molar-refractivity contribution in [3.8, 4) is 0 Å². The second-order valence-electron chi connectivity index (χ2n) is 5.42. The molecule has 2 aliphatic heterocycles. The number of nitrogens with zero attached hydrogens (tertiary/aromatic N) is 1. The normalized spacial score (nSPS) is 44.6. The number of aldehydes is 1. The molecule has 20 heavy (non-hydrogen) atoms. The molecule has 0 spiro atoms. The number of carbonyl (C=O) groups is 1. The predicted octanol–water partition coefficient (Wildman–Crippen LogP) is 0.00787. The molecular formula is C12H21BN2O5. The zero-order chi connectivity index (χ0) is 15.0. The van der Waals surface area contributed by atoms with E-state index in [0.29, 0.717) is 13.1 Å². The SMILES string of the molecule is CO[C@@]1(C)O[C@@H]2[C@@H](C=O)CN(B=N)C[C@H]2O[C@]1(C)OC. The Morgan fingerprint density at radius 2 is 1.85 bits per heavy atom. The summed E-state index contributed by atoms with van der Waals surface area (Å²) in [5.41, 5.74) is 0. The molecule has 112 valence electrons. The fraction of sp³-hybridized carbons (Fsp3) is 0.917. The Morgan fingerprint density at radius 3 is 2.35 bits per heavy atom. The summed E-state index contributed by atoms with van der Waals surface area (Å²) >= 11 is 0. The Labute approximate surface area is 119 Å². The molecule has 0 amide bonds. The molecule has 1 N–H and O–H groups in total. The molecule has 7 nitrogen and oxygen atoms in total. The van der Waals surface area contributed by atoms with Gasteiger partial charge in [-0.25, -0.2) is 0 Å². The zero-order valence-corrected chi connectivity index (χ0v) is 12.3. The fourth-order valence-electron chi connectivity index (χ4n) is 2.78. The second-order valence-corrected chi connectivity index (χ2v) is 5.42. The van der Waals surface area contributed by atoms with Crippen LogP contribution in [0.1, 0.15) is 13.8 Å². The van der Waals surface area contributed by atoms with Crippen LogP contribution in [0.5, 0.6) is 0 Å². The van der Waals surface area contributed by atoms with Crippen molar-refractivity contribution in [2.45, 2.75) is 37.6 Å². The maximum absolute atomic E-state index is 11.3. The van der Waals surface area contributed by atoms with E-state index in [0.717, 1.165) is 6.29 Å². The van der Waals surface area contributed by atoms with Gasteiger partial charge in [0.25, 0.3) is 0 Å². The van der Waals surface area contributed by atoms with E-state index in [1.165, 1.54) is 21.4 Å². The monoisotopic (exact) mass is 284 g/mol. The summed E-state index contributed by atoms with van der Waals surface area (Å²) in [6.07, 6.45) is 0.0907. The van der Waals surface area contributed by atoms with Crippen molar-refractivity contribution in [2.24, 2.45) is 5.92 Å². The number of carbonyl (C=O) groups excluding carboxylic acids is 1. The molecule has 0 saturated carbocycles. The van der Waals surface area contributed by atoms with Crippen LogP contribution in [0.2, 0.25) is 0 Å². The molecule has 0 radical (unpaired) electrons. The molecular weight excluding hydrogens is 263 g/mol. The number of ether oxygens (including phenoxy) is 4. The van der Waals surface area contributed by atoms with Gasteiger partial charge >= 0.3 is 118 Å². The van der Waals surface area contributed by atoms with Gasteiger partial charge in [-0.2, -0.15) is 0 Å². The minimum absolute atomic E-state index is 0.353. The van der Waals surface area contributed by atoms with Gasteiger partial charge < -0.3 is 0 Å². The standard InChI is InChI=1S/C12H21BN2O5/c1-11(17-3)12(2,18-4)20-10-8(7-16)5-15(13-14)6-9(10)19-11/h7-10,14H,5-6H2,1-4H3/t8-,9-,10-,11+,12+/m1/s1. The Bertz CT molecular complexity index is 398. The van der Waals surface area contributed by atoms with E-state index in [1.807, 2.05) is 0 Å². The summed E-state index contributed by atoms with van der Waals surface area (Å²) in [6.45, 7) is 4.40. The third-order valence-corrected chi connectivity index (χ3v) is 4.35. The van der Waals surface area contributed by atoms with E-state index in [1.54, 1.807) is 18.7 Å². The van der Waals surface area contributed by atoms with Gasteiger partial charge in [-0.1, -0.05) is 0 Å². The van der Waals surface area contributed by atoms with Gasteiger partial charge in [0.15, 0.2) is 0 Å². The quantitative estimate of drug-likeness (QED) is 0.578. The summed E-state index contributed by atoms with van der Waals surface area (Å²) in [6, 6.07) is 0. The van der Waals surface area contributed by atoms with Crippen LogP contribution in [0.3, 0.4) is 0 Å². The zero-order valence-electron chi connectivity index (χ0n) is 12.3. The van der Waals surface area contributed by atoms with Crippen molar-refractivity contribution in [1.82, 2.24) is 4.81 Å². The molecule has 2 fully saturated rings. The molecule has 0 aliphatic carbocycles. The molecule has 2 saturated heterocycles. The molecule has 0 aromatic heterocycles. The number of methoxy groups -OCH3 is 2. The van der Waals surface area contributed by atoms with Gasteiger partial charge in [-0.05, 0) is 0 Å². The first-order valence-electron chi connectivity index (χ1n) is 6.59. The van der Waals surface area contributed by atoms with Crippen LogP contribution < -0.4 is 0 Å². The van der Waals surface area contributed by atoms with Crippen LogP contribution in [0.4, 0.5) is 0 Å². The number of fused-ring (bicyclic) bond motifs is 1. The maximum atomic E-state index is 11.3. The van der Waals surface area contributed by atoms with E-state index in [-0.39, 0.29) is 12.0 Å². The molecule has 0 aromatic carbocycles. The fourth-order valence-corrected chi connectivity index (χ4v) is 2.78. The first-order chi connectivity index (χ1) is 9.43. The van der Waals surface area contributed by atoms with Crippen LogP contribution in [-0.2, 0) is 23.7 Å². The molecule has 8 heteroatoms. The summed E-state index contributed by atoms with van der Waals surface area (Å²) in [5, 5.41) is 7.36. The van der Waals surface area contributed by atoms with E-state index in [2.05, 4.69) is 0 Å². The van der Waals surface area contributed by atoms with Gasteiger partial charge in [0.05, 0.1) is 0 Å². The van der Waals surface area contributed by atoms with Crippen molar-refractivity contribution in [3.63, 3.8) is 0 Å². The van der Waals surface area contributed by atoms with Crippen molar-refractivity contribution >= 4 is 13.5 Å². The van der Waals surface area contributed by atoms with Crippen LogP contribution in [0.15, 0.2) is 0 Å². The van der Waals surface area contributed by atoms with Crippen LogP contribution in [0.25, 0.3) is 0 Å². The Morgan fingerprint density at radius 1 is 1.25 bits per heavy atom. The third kappa shape index (κ3) is 2.30. The first kappa shape index (κ1) is 15.6. The minimum atomic E-state index is -1.10. The Kier molecular flexibility index (Phi) is 4.29. The Hall–Kier alpha value is -0.825. The van der Waals surface area contributed by atoms with Crippen molar-refractivity contribution in [3.05, 3.63) is 0 Å². The second kappa shape index (κ2) is 5.52. The average molecular weight is 284 g/mol. The molecule has 2 rings (SSSR count). The van der Waals surface area contributed by atoms with Gasteiger partial charge in [-0.3, -0.25) is 0 Å². The Balaban J connectivity index is 2.29. The first-order valence-corrected chi connectivity index (χ1v) is 6.59. The van der Waals surface area contributed by atoms with Crippen molar-refractivity contribution in [2.75, 3.05) is 27.3 Å². The summed E-state index contributed by atoms with van der Waals surface area (Å²) in [7, 11) is 4.25. The van der Waals surface area contributed by atoms with Crippen molar-refractivity contribution < 1.29 is 23.7 Å². The summed E-state index contributed by atoms with van der Waals surface area (Å²) in [5.74, 6) is -2.55. The van der Waals surface area contributed by atoms with Crippen LogP contribution in [0, 0.1) is 11.2 Å². The van der Waals surface area contributed by atoms with Gasteiger partial charge in [0, 0.05) is 0 Å². The average Bonchev–Trinajstić information content (AvgIpc) is 2.47. The molecule has 0 bridgehead atoms. The predicted molar refractivity (Wildman–Crippen MR) is 70.2 cm³/mol. The molecule has 0 aromatic rings. The summed E-state index contributed by atoms with van der Waals surface area (Å²) < 4.78 is 22.9. The van der Waals surface area contributed by atoms with E-state index < -0.39 is 17.7 Å². The van der Waals surface area contributed by atoms with Gasteiger partial charge in [-0.15, -0.1) is 0 Å². The molecule has 5 atom stereocenters. The van der Waals surface area contributed by atoms with Crippen LogP contribution in [-0.4, -0.2) is 69.4 Å². The number of rotatable bonds is 4. The summed E-state index contributed by atoms with van der Waals surface area (Å²) in [4.78, 5) is 13.0. The van der Waals surface area contributed by atoms with Gasteiger partial charge in [0.1, 0.15) is 0 Å². The van der Waals surface area contributed by atoms with Crippen LogP contribution >= 0.6 is 0 Å². The number of nitrogens with one attached hydrogen (secondary N) is 1. The van der Waals surface area contributed by atoms with Crippen molar-refractivity contribution in [1.29, 1.82) is 5.31 Å². The third-order valence-electron chi connectivity index (χ3n) is 4.35. The number of hydrogen-bond donors (Lipinski definition) is 1. The van der Waals surface area contributed by atoms with E-state index in [4.69, 9.17) is 24.3 Å². The molecule has 2 heterocycles. The van der Waals surface area contributed by atoms with E-state index in [9.17, 15) is 4.79 Å². The number of piperidine rings is 1.